The van der Waals surface area contributed by atoms with Crippen molar-refractivity contribution in [1.82, 2.24) is 10.2 Å². The van der Waals surface area contributed by atoms with Crippen molar-refractivity contribution < 1.29 is 0 Å². The summed E-state index contributed by atoms with van der Waals surface area (Å²) < 4.78 is 1.25. The van der Waals surface area contributed by atoms with Crippen molar-refractivity contribution in [2.45, 2.75) is 32.7 Å². The Labute approximate surface area is 119 Å². The molecule has 0 amide bonds. The Kier molecular flexibility index (Phi) is 5.67. The van der Waals surface area contributed by atoms with Crippen LogP contribution in [0.4, 0.5) is 0 Å². The fraction of sp³-hybridized carbons (Fsp3) is 0.600. The van der Waals surface area contributed by atoms with Crippen molar-refractivity contribution in [3.8, 4) is 0 Å². The minimum atomic E-state index is 0.954. The first-order valence-electron chi connectivity index (χ1n) is 6.94. The number of nitrogens with one attached hydrogen (secondary N) is 1. The van der Waals surface area contributed by atoms with E-state index in [9.17, 15) is 0 Å². The second kappa shape index (κ2) is 7.27. The molecule has 1 aliphatic heterocycles. The first-order valence-corrected chi connectivity index (χ1v) is 7.74. The van der Waals surface area contributed by atoms with E-state index in [-0.39, 0.29) is 0 Å². The van der Waals surface area contributed by atoms with Crippen molar-refractivity contribution >= 4 is 15.9 Å². The van der Waals surface area contributed by atoms with Gasteiger partial charge in [0.25, 0.3) is 0 Å². The second-order valence-corrected chi connectivity index (χ2v) is 5.92. The zero-order valence-corrected chi connectivity index (χ0v) is 12.8. The summed E-state index contributed by atoms with van der Waals surface area (Å²) in [6.45, 7) is 7.94. The summed E-state index contributed by atoms with van der Waals surface area (Å²) in [5.41, 5.74) is 2.67. The number of hydrogen-bond acceptors (Lipinski definition) is 2. The molecule has 0 unspecified atom stereocenters. The molecule has 100 valence electrons. The molecule has 0 saturated carbocycles. The van der Waals surface area contributed by atoms with Gasteiger partial charge in [0.05, 0.1) is 0 Å². The van der Waals surface area contributed by atoms with Gasteiger partial charge in [0, 0.05) is 24.1 Å². The molecule has 1 saturated heterocycles. The highest BCUT2D eigenvalue weighted by molar-refractivity contribution is 9.10. The van der Waals surface area contributed by atoms with Crippen LogP contribution in [0.15, 0.2) is 22.7 Å². The molecule has 1 heterocycles. The Hall–Kier alpha value is -0.380. The van der Waals surface area contributed by atoms with Crippen LogP contribution in [0.5, 0.6) is 0 Å². The zero-order valence-electron chi connectivity index (χ0n) is 11.2. The minimum Gasteiger partial charge on any atom is -0.311 e. The molecule has 2 nitrogen and oxygen atoms in total. The highest BCUT2D eigenvalue weighted by atomic mass is 79.9. The fourth-order valence-electron chi connectivity index (χ4n) is 2.49. The summed E-state index contributed by atoms with van der Waals surface area (Å²) in [4.78, 5) is 2.57. The average Bonchev–Trinajstić information content (AvgIpc) is 2.40. The molecule has 1 aromatic carbocycles. The second-order valence-electron chi connectivity index (χ2n) is 5.13. The van der Waals surface area contributed by atoms with Gasteiger partial charge in [-0.15, -0.1) is 0 Å². The number of halogens is 1. The van der Waals surface area contributed by atoms with Gasteiger partial charge in [0.15, 0.2) is 0 Å². The lowest BCUT2D eigenvalue weighted by atomic mass is 10.1. The van der Waals surface area contributed by atoms with E-state index < -0.39 is 0 Å². The monoisotopic (exact) mass is 310 g/mol. The molecule has 0 radical (unpaired) electrons. The molecule has 0 atom stereocenters. The molecule has 0 aliphatic carbocycles. The van der Waals surface area contributed by atoms with Crippen LogP contribution in [-0.4, -0.2) is 31.1 Å². The van der Waals surface area contributed by atoms with E-state index in [0.29, 0.717) is 0 Å². The largest absolute Gasteiger partial charge is 0.311 e. The van der Waals surface area contributed by atoms with Gasteiger partial charge in [-0.05, 0) is 44.0 Å². The summed E-state index contributed by atoms with van der Waals surface area (Å²) >= 11 is 3.66. The van der Waals surface area contributed by atoms with Gasteiger partial charge >= 0.3 is 0 Å². The Balaban J connectivity index is 1.70. The van der Waals surface area contributed by atoms with Crippen LogP contribution >= 0.6 is 15.9 Å². The number of aryl methyl sites for hydroxylation is 1. The molecular weight excluding hydrogens is 288 g/mol. The van der Waals surface area contributed by atoms with E-state index in [4.69, 9.17) is 0 Å². The maximum Gasteiger partial charge on any atom is 0.0249 e. The molecule has 0 aromatic heterocycles. The van der Waals surface area contributed by atoms with Gasteiger partial charge in [-0.3, -0.25) is 0 Å². The quantitative estimate of drug-likeness (QED) is 0.839. The van der Waals surface area contributed by atoms with Gasteiger partial charge in [-0.25, -0.2) is 0 Å². The number of piperidine rings is 1. The number of likely N-dealkylation sites (tertiary alicyclic amines) is 1. The maximum atomic E-state index is 3.66. The summed E-state index contributed by atoms with van der Waals surface area (Å²) in [5.74, 6) is 0. The molecule has 1 aromatic rings. The SMILES string of the molecule is Cc1cccc(CNCCN2CCCCC2)c1Br. The van der Waals surface area contributed by atoms with E-state index in [1.165, 1.54) is 54.5 Å². The molecule has 18 heavy (non-hydrogen) atoms. The maximum absolute atomic E-state index is 3.66. The van der Waals surface area contributed by atoms with Crippen molar-refractivity contribution in [2.75, 3.05) is 26.2 Å². The lowest BCUT2D eigenvalue weighted by molar-refractivity contribution is 0.229. The smallest absolute Gasteiger partial charge is 0.0249 e. The van der Waals surface area contributed by atoms with Crippen LogP contribution in [0.1, 0.15) is 30.4 Å². The molecule has 1 fully saturated rings. The summed E-state index contributed by atoms with van der Waals surface area (Å²) in [6, 6.07) is 6.45. The molecular formula is C15H23BrN2. The van der Waals surface area contributed by atoms with Crippen molar-refractivity contribution in [1.29, 1.82) is 0 Å². The van der Waals surface area contributed by atoms with E-state index in [1.54, 1.807) is 0 Å². The Morgan fingerprint density at radius 2 is 2.00 bits per heavy atom. The van der Waals surface area contributed by atoms with Gasteiger partial charge in [0.2, 0.25) is 0 Å². The number of hydrogen-bond donors (Lipinski definition) is 1. The molecule has 1 N–H and O–H groups in total. The number of nitrogens with zero attached hydrogens (tertiary/aromatic N) is 1. The summed E-state index contributed by atoms with van der Waals surface area (Å²) in [6.07, 6.45) is 4.17. The zero-order chi connectivity index (χ0) is 12.8. The fourth-order valence-corrected chi connectivity index (χ4v) is 2.89. The third-order valence-electron chi connectivity index (χ3n) is 3.64. The lowest BCUT2D eigenvalue weighted by Gasteiger charge is -2.26. The van der Waals surface area contributed by atoms with Crippen molar-refractivity contribution in [3.63, 3.8) is 0 Å². The Morgan fingerprint density at radius 3 is 2.78 bits per heavy atom. The van der Waals surface area contributed by atoms with E-state index in [1.807, 2.05) is 0 Å². The standard InChI is InChI=1S/C15H23BrN2/c1-13-6-5-7-14(15(13)16)12-17-8-11-18-9-3-2-4-10-18/h5-7,17H,2-4,8-12H2,1H3. The molecule has 0 bridgehead atoms. The van der Waals surface area contributed by atoms with Crippen LogP contribution in [0, 0.1) is 6.92 Å². The number of rotatable bonds is 5. The van der Waals surface area contributed by atoms with Crippen molar-refractivity contribution in [3.05, 3.63) is 33.8 Å². The third kappa shape index (κ3) is 4.08. The lowest BCUT2D eigenvalue weighted by Crippen LogP contribution is -2.35. The van der Waals surface area contributed by atoms with Gasteiger partial charge in [-0.1, -0.05) is 40.5 Å². The van der Waals surface area contributed by atoms with Gasteiger partial charge in [0.1, 0.15) is 0 Å². The summed E-state index contributed by atoms with van der Waals surface area (Å²) in [7, 11) is 0. The molecule has 3 heteroatoms. The molecule has 2 rings (SSSR count). The first-order chi connectivity index (χ1) is 8.77. The highest BCUT2D eigenvalue weighted by Gasteiger charge is 2.09. The highest BCUT2D eigenvalue weighted by Crippen LogP contribution is 2.20. The Bertz CT molecular complexity index is 373. The van der Waals surface area contributed by atoms with Gasteiger partial charge < -0.3 is 10.2 Å². The predicted octanol–water partition coefficient (Wildman–Crippen LogP) is 3.33. The molecule has 1 aliphatic rings. The topological polar surface area (TPSA) is 15.3 Å². The van der Waals surface area contributed by atoms with E-state index in [0.717, 1.165) is 13.1 Å². The van der Waals surface area contributed by atoms with Crippen LogP contribution in [0.3, 0.4) is 0 Å². The third-order valence-corrected chi connectivity index (χ3v) is 4.78. The van der Waals surface area contributed by atoms with Crippen LogP contribution in [-0.2, 0) is 6.54 Å². The minimum absolute atomic E-state index is 0.954. The predicted molar refractivity (Wildman–Crippen MR) is 80.9 cm³/mol. The summed E-state index contributed by atoms with van der Waals surface area (Å²) in [5, 5.41) is 3.55. The average molecular weight is 311 g/mol. The van der Waals surface area contributed by atoms with Crippen molar-refractivity contribution in [2.24, 2.45) is 0 Å². The van der Waals surface area contributed by atoms with E-state index in [2.05, 4.69) is 51.3 Å². The Morgan fingerprint density at radius 1 is 1.22 bits per heavy atom. The van der Waals surface area contributed by atoms with Gasteiger partial charge in [-0.2, -0.15) is 0 Å². The number of benzene rings is 1. The van der Waals surface area contributed by atoms with Crippen LogP contribution < -0.4 is 5.32 Å². The van der Waals surface area contributed by atoms with E-state index >= 15 is 0 Å². The molecule has 0 spiro atoms. The van der Waals surface area contributed by atoms with Crippen LogP contribution in [0.2, 0.25) is 0 Å². The van der Waals surface area contributed by atoms with Crippen LogP contribution in [0.25, 0.3) is 0 Å². The normalized spacial score (nSPS) is 17.0. The first kappa shape index (κ1) is 14.0.